The standard InChI is InChI=1S/C39H69O11P/c1-4-5-26-35(41)27-22-18-14-10-8-6-7-9-11-15-20-24-29-39(44)50-37(33-49-51(45,46)48-31-36(42)30-40)32-47-38(43)28-23-19-16-12-13-17-21-25-34(2)3/h6-7,10-11,14-15,22,27,34-37,40-42H,4-5,8-9,12-13,16-21,23-26,28-33H2,1-3H3,(H,45,46)/b7-6-,14-10-,15-11-,27-22-/t35-,36+,37-/m1/s1. The molecule has 0 aromatic rings. The summed E-state index contributed by atoms with van der Waals surface area (Å²) in [6.07, 6.45) is 28.8. The summed E-state index contributed by atoms with van der Waals surface area (Å²) in [7, 11) is -4.64. The van der Waals surface area contributed by atoms with Crippen LogP contribution in [0.2, 0.25) is 0 Å². The quantitative estimate of drug-likeness (QED) is 0.0217. The molecule has 0 spiro atoms. The number of aliphatic hydroxyl groups is 3. The normalized spacial score (nSPS) is 15.3. The fraction of sp³-hybridized carbons (Fsp3) is 0.744. The highest BCUT2D eigenvalue weighted by Gasteiger charge is 2.27. The molecule has 4 N–H and O–H groups in total. The highest BCUT2D eigenvalue weighted by atomic mass is 31.2. The summed E-state index contributed by atoms with van der Waals surface area (Å²) < 4.78 is 32.5. The number of allylic oxidation sites excluding steroid dienone is 7. The minimum Gasteiger partial charge on any atom is -0.462 e. The maximum Gasteiger partial charge on any atom is 0.472 e. The van der Waals surface area contributed by atoms with Gasteiger partial charge in [-0.1, -0.05) is 127 Å². The molecule has 0 aliphatic heterocycles. The minimum atomic E-state index is -4.64. The molecular formula is C39H69O11P. The number of phosphoric acid groups is 1. The van der Waals surface area contributed by atoms with Crippen molar-refractivity contribution < 1.29 is 52.9 Å². The Labute approximate surface area is 307 Å². The molecule has 0 aromatic heterocycles. The van der Waals surface area contributed by atoms with E-state index in [4.69, 9.17) is 19.1 Å². The summed E-state index contributed by atoms with van der Waals surface area (Å²) in [4.78, 5) is 34.7. The number of aliphatic hydroxyl groups excluding tert-OH is 3. The number of unbranched alkanes of at least 4 members (excludes halogenated alkanes) is 8. The van der Waals surface area contributed by atoms with Crippen LogP contribution >= 0.6 is 7.82 Å². The van der Waals surface area contributed by atoms with Gasteiger partial charge in [-0.3, -0.25) is 18.6 Å². The van der Waals surface area contributed by atoms with E-state index < -0.39 is 51.8 Å². The SMILES string of the molecule is CCCC[C@@H](O)/C=C\C/C=C\C/C=C\C/C=C\CCCC(=O)O[C@H](COC(=O)CCCCCCCCCC(C)C)COP(=O)(O)OC[C@@H](O)CO. The van der Waals surface area contributed by atoms with Crippen LogP contribution in [0.15, 0.2) is 48.6 Å². The predicted molar refractivity (Wildman–Crippen MR) is 202 cm³/mol. The number of hydrogen-bond donors (Lipinski definition) is 4. The number of carbonyl (C=O) groups excluding carboxylic acids is 2. The summed E-state index contributed by atoms with van der Waals surface area (Å²) >= 11 is 0. The lowest BCUT2D eigenvalue weighted by atomic mass is 10.0. The van der Waals surface area contributed by atoms with Gasteiger partial charge in [0, 0.05) is 12.8 Å². The number of carbonyl (C=O) groups is 2. The van der Waals surface area contributed by atoms with Gasteiger partial charge in [0.1, 0.15) is 12.7 Å². The molecule has 0 aliphatic carbocycles. The van der Waals surface area contributed by atoms with Crippen molar-refractivity contribution >= 4 is 19.8 Å². The first-order valence-electron chi connectivity index (χ1n) is 19.0. The number of rotatable bonds is 34. The van der Waals surface area contributed by atoms with E-state index in [0.717, 1.165) is 63.7 Å². The fourth-order valence-electron chi connectivity index (χ4n) is 4.72. The molecule has 0 aromatic carbocycles. The molecule has 51 heavy (non-hydrogen) atoms. The molecule has 0 amide bonds. The average Bonchev–Trinajstić information content (AvgIpc) is 3.10. The molecule has 0 aliphatic rings. The van der Waals surface area contributed by atoms with Gasteiger partial charge in [-0.25, -0.2) is 4.57 Å². The Hall–Kier alpha value is -2.11. The predicted octanol–water partition coefficient (Wildman–Crippen LogP) is 8.21. The van der Waals surface area contributed by atoms with Gasteiger partial charge in [0.15, 0.2) is 6.10 Å². The number of esters is 2. The first-order valence-corrected chi connectivity index (χ1v) is 20.5. The highest BCUT2D eigenvalue weighted by molar-refractivity contribution is 7.47. The van der Waals surface area contributed by atoms with Crippen LogP contribution in [0.1, 0.15) is 136 Å². The second-order valence-corrected chi connectivity index (χ2v) is 14.7. The molecule has 0 heterocycles. The van der Waals surface area contributed by atoms with E-state index >= 15 is 0 Å². The van der Waals surface area contributed by atoms with Crippen LogP contribution in [0.5, 0.6) is 0 Å². The molecule has 11 nitrogen and oxygen atoms in total. The molecule has 0 saturated carbocycles. The van der Waals surface area contributed by atoms with E-state index in [-0.39, 0.29) is 25.6 Å². The third-order valence-corrected chi connectivity index (χ3v) is 8.69. The fourth-order valence-corrected chi connectivity index (χ4v) is 5.51. The smallest absolute Gasteiger partial charge is 0.462 e. The van der Waals surface area contributed by atoms with Crippen LogP contribution in [-0.4, -0.2) is 76.9 Å². The number of ether oxygens (including phenoxy) is 2. The maximum absolute atomic E-state index is 12.5. The topological polar surface area (TPSA) is 169 Å². The molecule has 1 unspecified atom stereocenters. The minimum absolute atomic E-state index is 0.0902. The molecule has 296 valence electrons. The Morgan fingerprint density at radius 3 is 1.88 bits per heavy atom. The van der Waals surface area contributed by atoms with Crippen molar-refractivity contribution in [1.29, 1.82) is 0 Å². The molecule has 12 heteroatoms. The van der Waals surface area contributed by atoms with Gasteiger partial charge < -0.3 is 29.7 Å². The lowest BCUT2D eigenvalue weighted by Gasteiger charge is -2.20. The van der Waals surface area contributed by atoms with Crippen LogP contribution in [0.3, 0.4) is 0 Å². The van der Waals surface area contributed by atoms with Crippen molar-refractivity contribution in [1.82, 2.24) is 0 Å². The monoisotopic (exact) mass is 744 g/mol. The molecule has 0 rings (SSSR count). The van der Waals surface area contributed by atoms with Crippen LogP contribution in [0.4, 0.5) is 0 Å². The Balaban J connectivity index is 4.51. The third kappa shape index (κ3) is 34.7. The van der Waals surface area contributed by atoms with E-state index in [1.807, 2.05) is 24.3 Å². The van der Waals surface area contributed by atoms with Gasteiger partial charge in [0.25, 0.3) is 0 Å². The van der Waals surface area contributed by atoms with Crippen molar-refractivity contribution in [3.63, 3.8) is 0 Å². The second kappa shape index (κ2) is 33.7. The zero-order chi connectivity index (χ0) is 38.0. The summed E-state index contributed by atoms with van der Waals surface area (Å²) in [5, 5.41) is 28.0. The van der Waals surface area contributed by atoms with Gasteiger partial charge in [-0.2, -0.15) is 0 Å². The lowest BCUT2D eigenvalue weighted by Crippen LogP contribution is -2.29. The average molecular weight is 745 g/mol. The van der Waals surface area contributed by atoms with Gasteiger partial charge >= 0.3 is 19.8 Å². The largest absolute Gasteiger partial charge is 0.472 e. The van der Waals surface area contributed by atoms with Crippen molar-refractivity contribution in [2.75, 3.05) is 26.4 Å². The number of hydrogen-bond acceptors (Lipinski definition) is 10. The van der Waals surface area contributed by atoms with E-state index in [2.05, 4.69) is 49.6 Å². The lowest BCUT2D eigenvalue weighted by molar-refractivity contribution is -0.161. The molecule has 4 atom stereocenters. The Bertz CT molecular complexity index is 1020. The molecule has 0 bridgehead atoms. The van der Waals surface area contributed by atoms with Gasteiger partial charge in [0.05, 0.1) is 25.9 Å². The van der Waals surface area contributed by atoms with Crippen molar-refractivity contribution in [3.8, 4) is 0 Å². The molecular weight excluding hydrogens is 675 g/mol. The summed E-state index contributed by atoms with van der Waals surface area (Å²) in [5.41, 5.74) is 0. The maximum atomic E-state index is 12.5. The van der Waals surface area contributed by atoms with Crippen LogP contribution in [-0.2, 0) is 32.7 Å². The molecule has 0 fully saturated rings. The zero-order valence-electron chi connectivity index (χ0n) is 31.6. The van der Waals surface area contributed by atoms with Gasteiger partial charge in [-0.05, 0) is 50.9 Å². The van der Waals surface area contributed by atoms with E-state index in [1.165, 1.54) is 25.7 Å². The third-order valence-electron chi connectivity index (χ3n) is 7.73. The molecule has 0 radical (unpaired) electrons. The summed E-state index contributed by atoms with van der Waals surface area (Å²) in [5.74, 6) is -0.286. The zero-order valence-corrected chi connectivity index (χ0v) is 32.5. The van der Waals surface area contributed by atoms with Gasteiger partial charge in [-0.15, -0.1) is 0 Å². The van der Waals surface area contributed by atoms with E-state index in [0.29, 0.717) is 19.3 Å². The van der Waals surface area contributed by atoms with E-state index in [9.17, 15) is 29.3 Å². The van der Waals surface area contributed by atoms with Crippen molar-refractivity contribution in [2.24, 2.45) is 5.92 Å². The van der Waals surface area contributed by atoms with Crippen molar-refractivity contribution in [2.45, 2.75) is 155 Å². The van der Waals surface area contributed by atoms with Crippen LogP contribution < -0.4 is 0 Å². The van der Waals surface area contributed by atoms with Crippen molar-refractivity contribution in [3.05, 3.63) is 48.6 Å². The van der Waals surface area contributed by atoms with Crippen LogP contribution in [0, 0.1) is 5.92 Å². The Morgan fingerprint density at radius 1 is 0.686 bits per heavy atom. The Kier molecular flexibility index (Phi) is 32.3. The summed E-state index contributed by atoms with van der Waals surface area (Å²) in [6, 6.07) is 0. The molecule has 0 saturated heterocycles. The first kappa shape index (κ1) is 48.9. The van der Waals surface area contributed by atoms with E-state index in [1.54, 1.807) is 0 Å². The second-order valence-electron chi connectivity index (χ2n) is 13.3. The number of phosphoric ester groups is 1. The van der Waals surface area contributed by atoms with Gasteiger partial charge in [0.2, 0.25) is 0 Å². The highest BCUT2D eigenvalue weighted by Crippen LogP contribution is 2.43. The summed E-state index contributed by atoms with van der Waals surface area (Å²) in [6.45, 7) is 4.36. The first-order chi connectivity index (χ1) is 24.5. The van der Waals surface area contributed by atoms with Crippen LogP contribution in [0.25, 0.3) is 0 Å². The Morgan fingerprint density at radius 2 is 1.25 bits per heavy atom.